The van der Waals surface area contributed by atoms with E-state index in [9.17, 15) is 4.79 Å². The van der Waals surface area contributed by atoms with Crippen molar-refractivity contribution in [3.63, 3.8) is 0 Å². The van der Waals surface area contributed by atoms with Crippen LogP contribution in [0.2, 0.25) is 10.0 Å². The number of nitrogens with two attached hydrogens (primary N) is 1. The van der Waals surface area contributed by atoms with Crippen molar-refractivity contribution in [2.24, 2.45) is 0 Å². The Labute approximate surface area is 182 Å². The third kappa shape index (κ3) is 4.37. The van der Waals surface area contributed by atoms with Gasteiger partial charge in [0.05, 0.1) is 10.8 Å². The number of thioether (sulfide) groups is 1. The number of aromatic nitrogens is 3. The van der Waals surface area contributed by atoms with E-state index < -0.39 is 0 Å². The van der Waals surface area contributed by atoms with Crippen molar-refractivity contribution >= 4 is 40.9 Å². The van der Waals surface area contributed by atoms with Gasteiger partial charge in [0.25, 0.3) is 0 Å². The highest BCUT2D eigenvalue weighted by Gasteiger charge is 2.44. The predicted molar refractivity (Wildman–Crippen MR) is 117 cm³/mol. The number of halogens is 2. The molecule has 3 N–H and O–H groups in total. The minimum absolute atomic E-state index is 0.0636. The SMILES string of the molecule is Nn1c(SCC(=O)NCC2(c3ccccc3)CC2)nnc1-c1ccc(Cl)cc1Cl. The topological polar surface area (TPSA) is 85.8 Å². The molecule has 0 unspecified atom stereocenters. The summed E-state index contributed by atoms with van der Waals surface area (Å²) in [5, 5.41) is 12.6. The minimum atomic E-state index is -0.0636. The average molecular weight is 448 g/mol. The molecule has 9 heteroatoms. The van der Waals surface area contributed by atoms with E-state index in [0.717, 1.165) is 12.8 Å². The Balaban J connectivity index is 1.35. The molecule has 0 aliphatic heterocycles. The van der Waals surface area contributed by atoms with Gasteiger partial charge in [0, 0.05) is 22.5 Å². The van der Waals surface area contributed by atoms with E-state index in [0.29, 0.717) is 33.1 Å². The summed E-state index contributed by atoms with van der Waals surface area (Å²) in [5.41, 5.74) is 1.98. The molecule has 29 heavy (non-hydrogen) atoms. The first-order valence-corrected chi connectivity index (χ1v) is 10.8. The number of hydrogen-bond acceptors (Lipinski definition) is 5. The second-order valence-electron chi connectivity index (χ2n) is 7.01. The number of hydrogen-bond donors (Lipinski definition) is 2. The lowest BCUT2D eigenvalue weighted by Gasteiger charge is -2.16. The van der Waals surface area contributed by atoms with Gasteiger partial charge in [-0.05, 0) is 36.6 Å². The summed E-state index contributed by atoms with van der Waals surface area (Å²) >= 11 is 13.4. The molecule has 1 aliphatic carbocycles. The number of nitrogens with one attached hydrogen (secondary N) is 1. The number of nitrogen functional groups attached to an aromatic ring is 1. The lowest BCUT2D eigenvalue weighted by molar-refractivity contribution is -0.118. The summed E-state index contributed by atoms with van der Waals surface area (Å²) < 4.78 is 1.33. The van der Waals surface area contributed by atoms with Crippen molar-refractivity contribution < 1.29 is 4.79 Å². The van der Waals surface area contributed by atoms with E-state index in [1.807, 2.05) is 18.2 Å². The van der Waals surface area contributed by atoms with E-state index in [1.165, 1.54) is 22.0 Å². The van der Waals surface area contributed by atoms with Crippen molar-refractivity contribution in [2.45, 2.75) is 23.4 Å². The van der Waals surface area contributed by atoms with Crippen molar-refractivity contribution in [1.29, 1.82) is 0 Å². The number of benzene rings is 2. The van der Waals surface area contributed by atoms with Crippen LogP contribution in [0, 0.1) is 0 Å². The van der Waals surface area contributed by atoms with Gasteiger partial charge in [-0.15, -0.1) is 10.2 Å². The second-order valence-corrected chi connectivity index (χ2v) is 8.80. The molecule has 1 aliphatic rings. The lowest BCUT2D eigenvalue weighted by atomic mass is 9.96. The molecule has 1 heterocycles. The van der Waals surface area contributed by atoms with Crippen molar-refractivity contribution in [2.75, 3.05) is 18.1 Å². The van der Waals surface area contributed by atoms with Crippen LogP contribution in [0.3, 0.4) is 0 Å². The molecule has 1 saturated carbocycles. The van der Waals surface area contributed by atoms with Crippen LogP contribution in [0.5, 0.6) is 0 Å². The number of rotatable bonds is 7. The van der Waals surface area contributed by atoms with Gasteiger partial charge in [-0.25, -0.2) is 4.68 Å². The van der Waals surface area contributed by atoms with Crippen LogP contribution >= 0.6 is 35.0 Å². The zero-order valence-electron chi connectivity index (χ0n) is 15.4. The van der Waals surface area contributed by atoms with Gasteiger partial charge in [0.1, 0.15) is 0 Å². The highest BCUT2D eigenvalue weighted by atomic mass is 35.5. The maximum Gasteiger partial charge on any atom is 0.230 e. The molecule has 1 fully saturated rings. The Morgan fingerprint density at radius 1 is 1.17 bits per heavy atom. The fourth-order valence-electron chi connectivity index (χ4n) is 3.19. The summed E-state index contributed by atoms with van der Waals surface area (Å²) in [6.45, 7) is 0.636. The summed E-state index contributed by atoms with van der Waals surface area (Å²) in [6, 6.07) is 15.4. The minimum Gasteiger partial charge on any atom is -0.354 e. The first-order chi connectivity index (χ1) is 14.0. The highest BCUT2D eigenvalue weighted by molar-refractivity contribution is 7.99. The Bertz CT molecular complexity index is 1040. The lowest BCUT2D eigenvalue weighted by Crippen LogP contribution is -2.33. The number of carbonyl (C=O) groups excluding carboxylic acids is 1. The fourth-order valence-corrected chi connectivity index (χ4v) is 4.37. The van der Waals surface area contributed by atoms with E-state index in [2.05, 4.69) is 27.6 Å². The van der Waals surface area contributed by atoms with Crippen LogP contribution in [-0.2, 0) is 10.2 Å². The Morgan fingerprint density at radius 3 is 2.62 bits per heavy atom. The maximum absolute atomic E-state index is 12.3. The third-order valence-corrected chi connectivity index (χ3v) is 6.52. The van der Waals surface area contributed by atoms with Gasteiger partial charge in [-0.1, -0.05) is 65.3 Å². The van der Waals surface area contributed by atoms with E-state index in [1.54, 1.807) is 18.2 Å². The summed E-state index contributed by atoms with van der Waals surface area (Å²) in [4.78, 5) is 12.3. The number of nitrogens with zero attached hydrogens (tertiary/aromatic N) is 3. The smallest absolute Gasteiger partial charge is 0.230 e. The monoisotopic (exact) mass is 447 g/mol. The van der Waals surface area contributed by atoms with Crippen LogP contribution in [0.4, 0.5) is 0 Å². The van der Waals surface area contributed by atoms with E-state index in [4.69, 9.17) is 29.0 Å². The zero-order chi connectivity index (χ0) is 20.4. The summed E-state index contributed by atoms with van der Waals surface area (Å²) in [7, 11) is 0. The molecular formula is C20H19Cl2N5OS. The first-order valence-electron chi connectivity index (χ1n) is 9.09. The van der Waals surface area contributed by atoms with E-state index in [-0.39, 0.29) is 17.1 Å². The Kier molecular flexibility index (Phi) is 5.72. The predicted octanol–water partition coefficient (Wildman–Crippen LogP) is 3.91. The molecule has 0 saturated heterocycles. The van der Waals surface area contributed by atoms with Crippen molar-refractivity contribution in [3.8, 4) is 11.4 Å². The van der Waals surface area contributed by atoms with Gasteiger partial charge in [0.2, 0.25) is 11.1 Å². The average Bonchev–Trinajstić information content (AvgIpc) is 3.43. The van der Waals surface area contributed by atoms with Crippen LogP contribution in [0.15, 0.2) is 53.7 Å². The Morgan fingerprint density at radius 2 is 1.93 bits per heavy atom. The number of amides is 1. The van der Waals surface area contributed by atoms with Crippen molar-refractivity contribution in [1.82, 2.24) is 20.2 Å². The summed E-state index contributed by atoms with van der Waals surface area (Å²) in [6.07, 6.45) is 2.18. The fraction of sp³-hybridized carbons (Fsp3) is 0.250. The molecule has 150 valence electrons. The molecule has 1 aromatic heterocycles. The van der Waals surface area contributed by atoms with Crippen LogP contribution in [-0.4, -0.2) is 33.1 Å². The molecule has 4 rings (SSSR count). The second kappa shape index (κ2) is 8.26. The zero-order valence-corrected chi connectivity index (χ0v) is 17.8. The molecular weight excluding hydrogens is 429 g/mol. The molecule has 1 amide bonds. The van der Waals surface area contributed by atoms with Crippen LogP contribution in [0.1, 0.15) is 18.4 Å². The highest BCUT2D eigenvalue weighted by Crippen LogP contribution is 2.47. The van der Waals surface area contributed by atoms with E-state index >= 15 is 0 Å². The molecule has 3 aromatic rings. The normalized spacial score (nSPS) is 14.6. The van der Waals surface area contributed by atoms with Gasteiger partial charge in [0.15, 0.2) is 5.82 Å². The number of carbonyl (C=O) groups is 1. The molecule has 2 aromatic carbocycles. The van der Waals surface area contributed by atoms with Gasteiger partial charge < -0.3 is 11.2 Å². The quantitative estimate of drug-likeness (QED) is 0.423. The standard InChI is InChI=1S/C20H19Cl2N5OS/c21-14-6-7-15(16(22)10-14)18-25-26-19(27(18)23)29-11-17(28)24-12-20(8-9-20)13-4-2-1-3-5-13/h1-7,10H,8-9,11-12,23H2,(H,24,28). The summed E-state index contributed by atoms with van der Waals surface area (Å²) in [5.74, 6) is 6.66. The first kappa shape index (κ1) is 20.1. The molecule has 6 nitrogen and oxygen atoms in total. The third-order valence-electron chi connectivity index (χ3n) is 5.03. The molecule has 0 bridgehead atoms. The van der Waals surface area contributed by atoms with Gasteiger partial charge >= 0.3 is 0 Å². The maximum atomic E-state index is 12.3. The molecule has 0 atom stereocenters. The Hall–Kier alpha value is -2.22. The largest absolute Gasteiger partial charge is 0.354 e. The molecule has 0 radical (unpaired) electrons. The molecule has 0 spiro atoms. The van der Waals surface area contributed by atoms with Crippen LogP contribution < -0.4 is 11.2 Å². The van der Waals surface area contributed by atoms with Gasteiger partial charge in [-0.2, -0.15) is 0 Å². The van der Waals surface area contributed by atoms with Gasteiger partial charge in [-0.3, -0.25) is 4.79 Å². The van der Waals surface area contributed by atoms with Crippen LogP contribution in [0.25, 0.3) is 11.4 Å². The van der Waals surface area contributed by atoms with Crippen molar-refractivity contribution in [3.05, 3.63) is 64.1 Å².